The molecule has 17 heavy (non-hydrogen) atoms. The molecule has 0 aromatic heterocycles. The van der Waals surface area contributed by atoms with E-state index in [1.165, 1.54) is 0 Å². The van der Waals surface area contributed by atoms with Gasteiger partial charge in [-0.3, -0.25) is 0 Å². The summed E-state index contributed by atoms with van der Waals surface area (Å²) in [5, 5.41) is 0. The highest BCUT2D eigenvalue weighted by Crippen LogP contribution is 2.24. The van der Waals surface area contributed by atoms with Crippen LogP contribution in [-0.4, -0.2) is 18.1 Å². The van der Waals surface area contributed by atoms with Crippen LogP contribution in [0, 0.1) is 10.7 Å². The number of ether oxygens (including phenoxy) is 1. The molecule has 0 heterocycles. The smallest absolute Gasteiger partial charge is 0.340 e. The van der Waals surface area contributed by atoms with Gasteiger partial charge in [0.1, 0.15) is 6.54 Å². The summed E-state index contributed by atoms with van der Waals surface area (Å²) in [5.41, 5.74) is 3.89. The normalized spacial score (nSPS) is 11.4. The first-order chi connectivity index (χ1) is 7.76. The van der Waals surface area contributed by atoms with Gasteiger partial charge in [-0.05, 0) is 93.8 Å². The molecule has 0 fully saturated rings. The molecule has 3 nitrogen and oxygen atoms in total. The van der Waals surface area contributed by atoms with E-state index in [1.807, 2.05) is 26.0 Å². The molecule has 6 heteroatoms. The molecule has 0 unspecified atom stereocenters. The Morgan fingerprint density at radius 2 is 1.94 bits per heavy atom. The predicted molar refractivity (Wildman–Crippen MR) is 91.8 cm³/mol. The molecule has 0 saturated carbocycles. The van der Waals surface area contributed by atoms with Gasteiger partial charge in [-0.15, -0.1) is 0 Å². The summed E-state index contributed by atoms with van der Waals surface area (Å²) in [7, 11) is 0. The highest BCUT2D eigenvalue weighted by molar-refractivity contribution is 14.1. The molecule has 0 amide bonds. The minimum absolute atomic E-state index is 0.278. The molecular weight excluding hydrogens is 559 g/mol. The predicted octanol–water partition coefficient (Wildman–Crippen LogP) is 2.68. The Morgan fingerprint density at radius 1 is 1.35 bits per heavy atom. The number of hydrogen-bond acceptors (Lipinski definition) is 2. The van der Waals surface area contributed by atoms with Crippen LogP contribution < -0.4 is 5.73 Å². The zero-order valence-corrected chi connectivity index (χ0v) is 16.0. The second kappa shape index (κ2) is 6.33. The fourth-order valence-corrected chi connectivity index (χ4v) is 3.44. The maximum absolute atomic E-state index is 12.1. The van der Waals surface area contributed by atoms with Crippen molar-refractivity contribution in [2.75, 3.05) is 6.54 Å². The maximum atomic E-state index is 12.1. The maximum Gasteiger partial charge on any atom is 0.340 e. The van der Waals surface area contributed by atoms with E-state index in [-0.39, 0.29) is 5.97 Å². The van der Waals surface area contributed by atoms with Crippen LogP contribution in [0.2, 0.25) is 0 Å². The van der Waals surface area contributed by atoms with E-state index < -0.39 is 5.60 Å². The number of benzene rings is 1. The molecule has 0 aliphatic heterocycles. The van der Waals surface area contributed by atoms with Gasteiger partial charge in [0.15, 0.2) is 5.60 Å². The topological polar surface area (TPSA) is 53.9 Å². The lowest BCUT2D eigenvalue weighted by Gasteiger charge is -2.21. The third kappa shape index (κ3) is 4.46. The third-order valence-corrected chi connectivity index (χ3v) is 5.85. The molecule has 0 saturated heterocycles. The minimum Gasteiger partial charge on any atom is -0.450 e. The lowest BCUT2D eigenvalue weighted by Crippen LogP contribution is -2.60. The Kier molecular flexibility index (Phi) is 5.92. The van der Waals surface area contributed by atoms with Gasteiger partial charge < -0.3 is 10.5 Å². The Morgan fingerprint density at radius 3 is 2.47 bits per heavy atom. The molecule has 1 rings (SSSR count). The van der Waals surface area contributed by atoms with Crippen LogP contribution in [0.4, 0.5) is 0 Å². The van der Waals surface area contributed by atoms with Gasteiger partial charge >= 0.3 is 5.97 Å². The third-order valence-electron chi connectivity index (χ3n) is 2.18. The van der Waals surface area contributed by atoms with Crippen molar-refractivity contribution < 1.29 is 15.3 Å². The van der Waals surface area contributed by atoms with Crippen LogP contribution in [0.15, 0.2) is 12.1 Å². The van der Waals surface area contributed by atoms with Crippen molar-refractivity contribution in [3.63, 3.8) is 0 Å². The van der Waals surface area contributed by atoms with E-state index in [9.17, 15) is 4.79 Å². The van der Waals surface area contributed by atoms with E-state index in [4.69, 9.17) is 4.74 Å². The lowest BCUT2D eigenvalue weighted by atomic mass is 10.1. The largest absolute Gasteiger partial charge is 0.450 e. The van der Waals surface area contributed by atoms with Gasteiger partial charge in [0.2, 0.25) is 0 Å². The van der Waals surface area contributed by atoms with Crippen molar-refractivity contribution >= 4 is 73.7 Å². The molecule has 94 valence electrons. The Labute approximate surface area is 142 Å². The van der Waals surface area contributed by atoms with Crippen molar-refractivity contribution in [1.82, 2.24) is 0 Å². The number of halogens is 3. The van der Waals surface area contributed by atoms with Crippen molar-refractivity contribution in [2.24, 2.45) is 0 Å². The molecule has 0 radical (unpaired) electrons. The van der Waals surface area contributed by atoms with Gasteiger partial charge in [-0.1, -0.05) is 0 Å². The summed E-state index contributed by atoms with van der Waals surface area (Å²) in [4.78, 5) is 12.1. The van der Waals surface area contributed by atoms with Crippen LogP contribution in [0.3, 0.4) is 0 Å². The summed E-state index contributed by atoms with van der Waals surface area (Å²) in [5.74, 6) is -0.278. The molecule has 0 aliphatic rings. The van der Waals surface area contributed by atoms with Gasteiger partial charge in [-0.25, -0.2) is 4.79 Å². The summed E-state index contributed by atoms with van der Waals surface area (Å²) in [6.07, 6.45) is 0. The van der Waals surface area contributed by atoms with E-state index in [2.05, 4.69) is 73.5 Å². The molecule has 1 aromatic carbocycles. The van der Waals surface area contributed by atoms with Crippen molar-refractivity contribution in [2.45, 2.75) is 19.4 Å². The van der Waals surface area contributed by atoms with E-state index in [0.717, 1.165) is 10.7 Å². The fraction of sp³-hybridized carbons (Fsp3) is 0.364. The zero-order valence-electron chi connectivity index (χ0n) is 9.52. The Hall–Kier alpha value is 0.840. The summed E-state index contributed by atoms with van der Waals surface area (Å²) in [6, 6.07) is 3.89. The van der Waals surface area contributed by atoms with Gasteiger partial charge in [0.05, 0.1) is 5.56 Å². The second-order valence-electron chi connectivity index (χ2n) is 4.15. The number of carbonyl (C=O) groups excluding carboxylic acids is 1. The highest BCUT2D eigenvalue weighted by Gasteiger charge is 2.25. The van der Waals surface area contributed by atoms with Crippen LogP contribution in [0.1, 0.15) is 24.2 Å². The van der Waals surface area contributed by atoms with Crippen LogP contribution in [0.5, 0.6) is 0 Å². The quantitative estimate of drug-likeness (QED) is 0.345. The standard InChI is InChI=1S/C11H12I3NO2/c1-11(2,5-15)17-10(16)7-3-6(12)4-8(13)9(7)14/h3-4H,5,15H2,1-2H3/p+1. The lowest BCUT2D eigenvalue weighted by molar-refractivity contribution is -0.394. The van der Waals surface area contributed by atoms with Gasteiger partial charge in [0, 0.05) is 10.7 Å². The van der Waals surface area contributed by atoms with E-state index >= 15 is 0 Å². The Balaban J connectivity index is 3.05. The molecule has 0 spiro atoms. The van der Waals surface area contributed by atoms with Crippen molar-refractivity contribution in [3.05, 3.63) is 28.4 Å². The van der Waals surface area contributed by atoms with E-state index in [0.29, 0.717) is 12.1 Å². The first-order valence-electron chi connectivity index (χ1n) is 4.94. The molecule has 0 bridgehead atoms. The highest BCUT2D eigenvalue weighted by atomic mass is 127. The monoisotopic (exact) mass is 572 g/mol. The number of carbonyl (C=O) groups is 1. The van der Waals surface area contributed by atoms with Crippen molar-refractivity contribution in [3.8, 4) is 0 Å². The molecule has 3 N–H and O–H groups in total. The first-order valence-corrected chi connectivity index (χ1v) is 8.17. The fourth-order valence-electron chi connectivity index (χ4n) is 1.06. The summed E-state index contributed by atoms with van der Waals surface area (Å²) < 4.78 is 8.49. The molecule has 0 atom stereocenters. The molecule has 1 aromatic rings. The molecule has 0 aliphatic carbocycles. The zero-order chi connectivity index (χ0) is 13.2. The second-order valence-corrected chi connectivity index (χ2v) is 7.63. The number of esters is 1. The molecular formula is C11H13I3NO2+. The number of rotatable bonds is 3. The Bertz CT molecular complexity index is 447. The summed E-state index contributed by atoms with van der Waals surface area (Å²) >= 11 is 6.60. The van der Waals surface area contributed by atoms with Gasteiger partial charge in [0.25, 0.3) is 0 Å². The number of hydrogen-bond donors (Lipinski definition) is 1. The van der Waals surface area contributed by atoms with Crippen molar-refractivity contribution in [1.29, 1.82) is 0 Å². The van der Waals surface area contributed by atoms with Gasteiger partial charge in [-0.2, -0.15) is 0 Å². The van der Waals surface area contributed by atoms with Crippen LogP contribution >= 0.6 is 67.8 Å². The SMILES string of the molecule is CC(C)(C[NH3+])OC(=O)c1cc(I)cc(I)c1I. The average molecular weight is 572 g/mol. The minimum atomic E-state index is -0.521. The first kappa shape index (κ1) is 15.9. The van der Waals surface area contributed by atoms with E-state index in [1.54, 1.807) is 0 Å². The number of quaternary nitrogens is 1. The summed E-state index contributed by atoms with van der Waals surface area (Å²) in [6.45, 7) is 4.28. The van der Waals surface area contributed by atoms with Crippen LogP contribution in [-0.2, 0) is 4.74 Å². The average Bonchev–Trinajstić information content (AvgIpc) is 2.22. The van der Waals surface area contributed by atoms with Crippen LogP contribution in [0.25, 0.3) is 0 Å².